The van der Waals surface area contributed by atoms with Crippen molar-refractivity contribution in [2.24, 2.45) is 0 Å². The van der Waals surface area contributed by atoms with E-state index in [2.05, 4.69) is 5.32 Å². The molecule has 1 aliphatic heterocycles. The van der Waals surface area contributed by atoms with Gasteiger partial charge in [-0.15, -0.1) is 11.8 Å². The molecule has 1 unspecified atom stereocenters. The fourth-order valence-electron chi connectivity index (χ4n) is 1.97. The number of aliphatic carboxylic acids is 1. The van der Waals surface area contributed by atoms with Crippen molar-refractivity contribution in [3.05, 3.63) is 30.3 Å². The normalized spacial score (nSPS) is 17.6. The van der Waals surface area contributed by atoms with Crippen LogP contribution in [0, 0.1) is 0 Å². The van der Waals surface area contributed by atoms with Crippen molar-refractivity contribution < 1.29 is 24.3 Å². The monoisotopic (exact) mass is 321 g/mol. The second-order valence-corrected chi connectivity index (χ2v) is 5.80. The maximum Gasteiger partial charge on any atom is 0.243 e. The summed E-state index contributed by atoms with van der Waals surface area (Å²) >= 11 is 1.02. The van der Waals surface area contributed by atoms with E-state index in [9.17, 15) is 24.3 Å². The standard InChI is InChI=1S/C14H14N2O5S/c17-11(15-9-4-2-1-3-5-9)8-22-10-6-12(18)16(14(10)21)7-13(19)20/h1-5,10H,6-8H2,(H,15,17)(H,19,20)/p-1. The van der Waals surface area contributed by atoms with Crippen molar-refractivity contribution >= 4 is 41.1 Å². The van der Waals surface area contributed by atoms with Crippen molar-refractivity contribution in [1.82, 2.24) is 4.90 Å². The van der Waals surface area contributed by atoms with E-state index in [1.165, 1.54) is 0 Å². The van der Waals surface area contributed by atoms with E-state index in [-0.39, 0.29) is 18.1 Å². The molecule has 0 saturated carbocycles. The molecule has 1 aromatic rings. The number of rotatable bonds is 6. The summed E-state index contributed by atoms with van der Waals surface area (Å²) in [6.45, 7) is -0.745. The Morgan fingerprint density at radius 1 is 1.27 bits per heavy atom. The predicted octanol–water partition coefficient (Wildman–Crippen LogP) is -0.764. The van der Waals surface area contributed by atoms with E-state index in [1.54, 1.807) is 24.3 Å². The van der Waals surface area contributed by atoms with Gasteiger partial charge in [0.15, 0.2) is 0 Å². The SMILES string of the molecule is O=C([O-])CN1C(=O)CC(SCC(=O)Nc2ccccc2)C1=O. The molecule has 1 heterocycles. The number of anilines is 1. The Balaban J connectivity index is 1.84. The third kappa shape index (κ3) is 4.08. The molecule has 0 aliphatic carbocycles. The maximum absolute atomic E-state index is 11.9. The van der Waals surface area contributed by atoms with Gasteiger partial charge in [0.1, 0.15) is 0 Å². The van der Waals surface area contributed by atoms with Crippen LogP contribution in [-0.2, 0) is 19.2 Å². The second kappa shape index (κ2) is 7.08. The molecule has 0 aromatic heterocycles. The van der Waals surface area contributed by atoms with Crippen LogP contribution in [0.25, 0.3) is 0 Å². The zero-order valence-electron chi connectivity index (χ0n) is 11.5. The van der Waals surface area contributed by atoms with Crippen molar-refractivity contribution in [1.29, 1.82) is 0 Å². The van der Waals surface area contributed by atoms with Crippen LogP contribution in [0.2, 0.25) is 0 Å². The fourth-order valence-corrected chi connectivity index (χ4v) is 2.93. The number of carboxylic acid groups (broad SMARTS) is 1. The summed E-state index contributed by atoms with van der Waals surface area (Å²) < 4.78 is 0. The van der Waals surface area contributed by atoms with E-state index >= 15 is 0 Å². The molecular formula is C14H13N2O5S-. The zero-order chi connectivity index (χ0) is 16.1. The van der Waals surface area contributed by atoms with Crippen molar-refractivity contribution in [3.63, 3.8) is 0 Å². The highest BCUT2D eigenvalue weighted by atomic mass is 32.2. The first kappa shape index (κ1) is 16.0. The lowest BCUT2D eigenvalue weighted by molar-refractivity contribution is -0.305. The zero-order valence-corrected chi connectivity index (χ0v) is 12.3. The van der Waals surface area contributed by atoms with Crippen LogP contribution in [0.1, 0.15) is 6.42 Å². The Kier molecular flexibility index (Phi) is 5.16. The summed E-state index contributed by atoms with van der Waals surface area (Å²) in [7, 11) is 0. The van der Waals surface area contributed by atoms with Gasteiger partial charge in [-0.1, -0.05) is 18.2 Å². The van der Waals surface area contributed by atoms with Gasteiger partial charge < -0.3 is 15.2 Å². The largest absolute Gasteiger partial charge is 0.548 e. The highest BCUT2D eigenvalue weighted by molar-refractivity contribution is 8.01. The van der Waals surface area contributed by atoms with Gasteiger partial charge in [-0.05, 0) is 12.1 Å². The van der Waals surface area contributed by atoms with Crippen molar-refractivity contribution in [3.8, 4) is 0 Å². The van der Waals surface area contributed by atoms with E-state index in [4.69, 9.17) is 0 Å². The number of para-hydroxylation sites is 1. The number of likely N-dealkylation sites (tertiary alicyclic amines) is 1. The molecular weight excluding hydrogens is 308 g/mol. The predicted molar refractivity (Wildman–Crippen MR) is 77.7 cm³/mol. The van der Waals surface area contributed by atoms with Gasteiger partial charge in [0.05, 0.1) is 23.5 Å². The molecule has 1 aliphatic rings. The number of hydrogen-bond donors (Lipinski definition) is 1. The molecule has 1 aromatic carbocycles. The van der Waals surface area contributed by atoms with Crippen molar-refractivity contribution in [2.75, 3.05) is 17.6 Å². The number of benzene rings is 1. The molecule has 7 nitrogen and oxygen atoms in total. The molecule has 0 spiro atoms. The van der Waals surface area contributed by atoms with E-state index in [1.807, 2.05) is 6.07 Å². The third-order valence-corrected chi connectivity index (χ3v) is 4.16. The van der Waals surface area contributed by atoms with E-state index < -0.39 is 29.6 Å². The minimum Gasteiger partial charge on any atom is -0.548 e. The Morgan fingerprint density at radius 3 is 2.59 bits per heavy atom. The molecule has 1 N–H and O–H groups in total. The average Bonchev–Trinajstić information content (AvgIpc) is 2.73. The summed E-state index contributed by atoms with van der Waals surface area (Å²) in [5.41, 5.74) is 0.639. The smallest absolute Gasteiger partial charge is 0.243 e. The lowest BCUT2D eigenvalue weighted by atomic mass is 10.3. The molecule has 2 rings (SSSR count). The number of carboxylic acids is 1. The molecule has 1 atom stereocenters. The van der Waals surface area contributed by atoms with Crippen LogP contribution in [-0.4, -0.2) is 46.1 Å². The van der Waals surface area contributed by atoms with Crippen LogP contribution in [0.5, 0.6) is 0 Å². The summed E-state index contributed by atoms with van der Waals surface area (Å²) in [4.78, 5) is 46.4. The second-order valence-electron chi connectivity index (χ2n) is 4.61. The number of thioether (sulfide) groups is 1. The summed E-state index contributed by atoms with van der Waals surface area (Å²) in [6, 6.07) is 8.83. The molecule has 0 bridgehead atoms. The molecule has 1 fully saturated rings. The number of hydrogen-bond acceptors (Lipinski definition) is 6. The van der Waals surface area contributed by atoms with Crippen LogP contribution in [0.3, 0.4) is 0 Å². The number of nitrogens with zero attached hydrogens (tertiary/aromatic N) is 1. The first-order valence-electron chi connectivity index (χ1n) is 6.48. The number of carbonyl (C=O) groups excluding carboxylic acids is 4. The lowest BCUT2D eigenvalue weighted by Crippen LogP contribution is -2.41. The molecule has 0 radical (unpaired) electrons. The Morgan fingerprint density at radius 2 is 1.95 bits per heavy atom. The number of amides is 3. The van der Waals surface area contributed by atoms with Gasteiger partial charge in [0.2, 0.25) is 17.7 Å². The lowest BCUT2D eigenvalue weighted by Gasteiger charge is -2.15. The Bertz CT molecular complexity index is 605. The number of imide groups is 1. The Hall–Kier alpha value is -2.35. The fraction of sp³-hybridized carbons (Fsp3) is 0.286. The quantitative estimate of drug-likeness (QED) is 0.690. The third-order valence-electron chi connectivity index (χ3n) is 2.96. The molecule has 116 valence electrons. The summed E-state index contributed by atoms with van der Waals surface area (Å²) in [6.07, 6.45) is -0.102. The number of nitrogens with one attached hydrogen (secondary N) is 1. The van der Waals surface area contributed by atoms with Gasteiger partial charge in [-0.25, -0.2) is 0 Å². The van der Waals surface area contributed by atoms with Gasteiger partial charge in [0, 0.05) is 12.1 Å². The topological polar surface area (TPSA) is 107 Å². The van der Waals surface area contributed by atoms with Gasteiger partial charge >= 0.3 is 0 Å². The van der Waals surface area contributed by atoms with E-state index in [0.29, 0.717) is 10.6 Å². The summed E-state index contributed by atoms with van der Waals surface area (Å²) in [5.74, 6) is -2.94. The van der Waals surface area contributed by atoms with Gasteiger partial charge in [-0.3, -0.25) is 19.3 Å². The van der Waals surface area contributed by atoms with Crippen molar-refractivity contribution in [2.45, 2.75) is 11.7 Å². The van der Waals surface area contributed by atoms with Crippen LogP contribution < -0.4 is 10.4 Å². The van der Waals surface area contributed by atoms with Gasteiger partial charge in [0.25, 0.3) is 0 Å². The van der Waals surface area contributed by atoms with Crippen LogP contribution in [0.15, 0.2) is 30.3 Å². The van der Waals surface area contributed by atoms with Gasteiger partial charge in [-0.2, -0.15) is 0 Å². The first-order chi connectivity index (χ1) is 10.5. The summed E-state index contributed by atoms with van der Waals surface area (Å²) in [5, 5.41) is 12.4. The highest BCUT2D eigenvalue weighted by Crippen LogP contribution is 2.25. The molecule has 1 saturated heterocycles. The minimum atomic E-state index is -1.49. The molecule has 22 heavy (non-hydrogen) atoms. The first-order valence-corrected chi connectivity index (χ1v) is 7.53. The molecule has 8 heteroatoms. The van der Waals surface area contributed by atoms with Crippen LogP contribution in [0.4, 0.5) is 5.69 Å². The average molecular weight is 321 g/mol. The van der Waals surface area contributed by atoms with E-state index in [0.717, 1.165) is 11.8 Å². The Labute approximate surface area is 130 Å². The highest BCUT2D eigenvalue weighted by Gasteiger charge is 2.38. The van der Waals surface area contributed by atoms with Crippen LogP contribution >= 0.6 is 11.8 Å². The maximum atomic E-state index is 11.9. The number of carbonyl (C=O) groups is 4. The molecule has 3 amide bonds. The minimum absolute atomic E-state index is 0.00224.